The standard InChI is InChI=1S/C11H18N4O2/c1-3-15-6-8(12)10(14-15)11(16)13-9-4-5-17-7(9)2/h6-7,9H,3-5,12H2,1-2H3,(H,13,16). The lowest BCUT2D eigenvalue weighted by molar-refractivity contribution is 0.0862. The molecule has 2 rings (SSSR count). The first-order valence-electron chi connectivity index (χ1n) is 5.87. The number of carbonyl (C=O) groups excluding carboxylic acids is 1. The molecule has 0 aliphatic carbocycles. The Balaban J connectivity index is 2.06. The number of carbonyl (C=O) groups is 1. The van der Waals surface area contributed by atoms with Crippen molar-refractivity contribution in [1.29, 1.82) is 0 Å². The third kappa shape index (κ3) is 2.41. The lowest BCUT2D eigenvalue weighted by Crippen LogP contribution is -2.39. The van der Waals surface area contributed by atoms with Gasteiger partial charge in [-0.15, -0.1) is 0 Å². The van der Waals surface area contributed by atoms with E-state index < -0.39 is 0 Å². The molecule has 0 aromatic carbocycles. The molecule has 0 spiro atoms. The van der Waals surface area contributed by atoms with Gasteiger partial charge in [0, 0.05) is 19.3 Å². The van der Waals surface area contributed by atoms with Crippen molar-refractivity contribution in [3.05, 3.63) is 11.9 Å². The van der Waals surface area contributed by atoms with E-state index in [2.05, 4.69) is 10.4 Å². The summed E-state index contributed by atoms with van der Waals surface area (Å²) in [6, 6.07) is 0.0497. The zero-order chi connectivity index (χ0) is 12.4. The second-order valence-corrected chi connectivity index (χ2v) is 4.23. The monoisotopic (exact) mass is 238 g/mol. The van der Waals surface area contributed by atoms with Crippen molar-refractivity contribution in [1.82, 2.24) is 15.1 Å². The Morgan fingerprint density at radius 3 is 3.06 bits per heavy atom. The van der Waals surface area contributed by atoms with Crippen LogP contribution in [0.1, 0.15) is 30.8 Å². The minimum atomic E-state index is -0.225. The predicted octanol–water partition coefficient (Wildman–Crippen LogP) is 0.392. The van der Waals surface area contributed by atoms with Crippen molar-refractivity contribution in [2.45, 2.75) is 39.0 Å². The molecule has 1 amide bonds. The second kappa shape index (κ2) is 4.75. The number of anilines is 1. The second-order valence-electron chi connectivity index (χ2n) is 4.23. The molecular weight excluding hydrogens is 220 g/mol. The number of amides is 1. The summed E-state index contributed by atoms with van der Waals surface area (Å²) in [5.41, 5.74) is 6.46. The number of rotatable bonds is 3. The van der Waals surface area contributed by atoms with Gasteiger partial charge in [-0.3, -0.25) is 9.48 Å². The molecule has 0 radical (unpaired) electrons. The van der Waals surface area contributed by atoms with E-state index in [1.807, 2.05) is 13.8 Å². The van der Waals surface area contributed by atoms with Crippen LogP contribution in [0.3, 0.4) is 0 Å². The molecular formula is C11H18N4O2. The van der Waals surface area contributed by atoms with Crippen molar-refractivity contribution >= 4 is 11.6 Å². The van der Waals surface area contributed by atoms with E-state index in [1.54, 1.807) is 10.9 Å². The fraction of sp³-hybridized carbons (Fsp3) is 0.636. The summed E-state index contributed by atoms with van der Waals surface area (Å²) < 4.78 is 7.04. The van der Waals surface area contributed by atoms with Crippen LogP contribution in [-0.4, -0.2) is 34.4 Å². The van der Waals surface area contributed by atoms with Crippen LogP contribution >= 0.6 is 0 Å². The predicted molar refractivity (Wildman–Crippen MR) is 63.6 cm³/mol. The normalized spacial score (nSPS) is 23.9. The number of nitrogens with one attached hydrogen (secondary N) is 1. The van der Waals surface area contributed by atoms with Crippen LogP contribution in [0.15, 0.2) is 6.20 Å². The Hall–Kier alpha value is -1.56. The van der Waals surface area contributed by atoms with Gasteiger partial charge < -0.3 is 15.8 Å². The van der Waals surface area contributed by atoms with Gasteiger partial charge in [-0.2, -0.15) is 5.10 Å². The summed E-state index contributed by atoms with van der Waals surface area (Å²) in [4.78, 5) is 12.0. The van der Waals surface area contributed by atoms with Gasteiger partial charge in [-0.1, -0.05) is 0 Å². The van der Waals surface area contributed by atoms with Crippen molar-refractivity contribution in [3.8, 4) is 0 Å². The number of nitrogens with two attached hydrogens (primary N) is 1. The van der Waals surface area contributed by atoms with Crippen LogP contribution in [0.2, 0.25) is 0 Å². The Bertz CT molecular complexity index is 416. The minimum absolute atomic E-state index is 0.0495. The maximum atomic E-state index is 12.0. The highest BCUT2D eigenvalue weighted by atomic mass is 16.5. The molecule has 2 heterocycles. The molecule has 1 aliphatic rings. The third-order valence-corrected chi connectivity index (χ3v) is 3.02. The van der Waals surface area contributed by atoms with Crippen LogP contribution < -0.4 is 11.1 Å². The molecule has 2 atom stereocenters. The average Bonchev–Trinajstić information content (AvgIpc) is 2.86. The zero-order valence-corrected chi connectivity index (χ0v) is 10.1. The van der Waals surface area contributed by atoms with E-state index in [0.717, 1.165) is 6.42 Å². The first-order chi connectivity index (χ1) is 8.11. The summed E-state index contributed by atoms with van der Waals surface area (Å²) in [7, 11) is 0. The van der Waals surface area contributed by atoms with E-state index in [4.69, 9.17) is 10.5 Å². The highest BCUT2D eigenvalue weighted by Gasteiger charge is 2.27. The summed E-state index contributed by atoms with van der Waals surface area (Å²) in [5, 5.41) is 7.04. The molecule has 0 bridgehead atoms. The molecule has 6 nitrogen and oxygen atoms in total. The molecule has 2 unspecified atom stereocenters. The zero-order valence-electron chi connectivity index (χ0n) is 10.1. The van der Waals surface area contributed by atoms with Crippen LogP contribution in [0.4, 0.5) is 5.69 Å². The molecule has 1 aromatic heterocycles. The Labute approximate surface area is 100 Å². The van der Waals surface area contributed by atoms with Gasteiger partial charge >= 0.3 is 0 Å². The molecule has 94 valence electrons. The van der Waals surface area contributed by atoms with Crippen LogP contribution in [0.25, 0.3) is 0 Å². The molecule has 0 saturated carbocycles. The number of hydrogen-bond acceptors (Lipinski definition) is 4. The van der Waals surface area contributed by atoms with E-state index in [-0.39, 0.29) is 18.1 Å². The lowest BCUT2D eigenvalue weighted by Gasteiger charge is -2.15. The van der Waals surface area contributed by atoms with E-state index in [1.165, 1.54) is 0 Å². The maximum Gasteiger partial charge on any atom is 0.274 e. The van der Waals surface area contributed by atoms with Gasteiger partial charge in [-0.25, -0.2) is 0 Å². The number of aryl methyl sites for hydroxylation is 1. The summed E-state index contributed by atoms with van der Waals surface area (Å²) in [6.45, 7) is 5.28. The van der Waals surface area contributed by atoms with Crippen LogP contribution in [-0.2, 0) is 11.3 Å². The summed E-state index contributed by atoms with van der Waals surface area (Å²) in [5.74, 6) is -0.225. The molecule has 17 heavy (non-hydrogen) atoms. The molecule has 1 saturated heterocycles. The molecule has 1 aliphatic heterocycles. The minimum Gasteiger partial charge on any atom is -0.396 e. The number of ether oxygens (including phenoxy) is 1. The highest BCUT2D eigenvalue weighted by molar-refractivity contribution is 5.97. The van der Waals surface area contributed by atoms with E-state index in [0.29, 0.717) is 24.5 Å². The Kier molecular flexibility index (Phi) is 3.33. The van der Waals surface area contributed by atoms with Crippen molar-refractivity contribution < 1.29 is 9.53 Å². The van der Waals surface area contributed by atoms with Gasteiger partial charge in [0.1, 0.15) is 0 Å². The summed E-state index contributed by atoms with van der Waals surface area (Å²) >= 11 is 0. The van der Waals surface area contributed by atoms with Gasteiger partial charge in [-0.05, 0) is 20.3 Å². The van der Waals surface area contributed by atoms with Gasteiger partial charge in [0.15, 0.2) is 5.69 Å². The topological polar surface area (TPSA) is 82.2 Å². The summed E-state index contributed by atoms with van der Waals surface area (Å²) in [6.07, 6.45) is 2.55. The number of nitrogens with zero attached hydrogens (tertiary/aromatic N) is 2. The maximum absolute atomic E-state index is 12.0. The fourth-order valence-electron chi connectivity index (χ4n) is 1.93. The molecule has 1 fully saturated rings. The van der Waals surface area contributed by atoms with E-state index >= 15 is 0 Å². The smallest absolute Gasteiger partial charge is 0.274 e. The van der Waals surface area contributed by atoms with Gasteiger partial charge in [0.25, 0.3) is 5.91 Å². The lowest BCUT2D eigenvalue weighted by atomic mass is 10.1. The van der Waals surface area contributed by atoms with Crippen molar-refractivity contribution in [2.75, 3.05) is 12.3 Å². The number of aromatic nitrogens is 2. The first kappa shape index (κ1) is 11.9. The average molecular weight is 238 g/mol. The van der Waals surface area contributed by atoms with Crippen molar-refractivity contribution in [3.63, 3.8) is 0 Å². The van der Waals surface area contributed by atoms with Crippen molar-refractivity contribution in [2.24, 2.45) is 0 Å². The van der Waals surface area contributed by atoms with Crippen LogP contribution in [0.5, 0.6) is 0 Å². The first-order valence-corrected chi connectivity index (χ1v) is 5.87. The third-order valence-electron chi connectivity index (χ3n) is 3.02. The molecule has 1 aromatic rings. The quantitative estimate of drug-likeness (QED) is 0.798. The number of hydrogen-bond donors (Lipinski definition) is 2. The highest BCUT2D eigenvalue weighted by Crippen LogP contribution is 2.15. The Morgan fingerprint density at radius 2 is 2.53 bits per heavy atom. The Morgan fingerprint density at radius 1 is 1.76 bits per heavy atom. The fourth-order valence-corrected chi connectivity index (χ4v) is 1.93. The largest absolute Gasteiger partial charge is 0.396 e. The molecule has 3 N–H and O–H groups in total. The van der Waals surface area contributed by atoms with Crippen LogP contribution in [0, 0.1) is 0 Å². The van der Waals surface area contributed by atoms with Gasteiger partial charge in [0.05, 0.1) is 17.8 Å². The number of nitrogen functional groups attached to an aromatic ring is 1. The van der Waals surface area contributed by atoms with E-state index in [9.17, 15) is 4.79 Å². The molecule has 6 heteroatoms. The SMILES string of the molecule is CCn1cc(N)c(C(=O)NC2CCOC2C)n1. The van der Waals surface area contributed by atoms with Gasteiger partial charge in [0.2, 0.25) is 0 Å².